The number of fused-ring (bicyclic) bond motifs is 2. The average Bonchev–Trinajstić information content (AvgIpc) is 3.21. The van der Waals surface area contributed by atoms with E-state index in [2.05, 4.69) is 14.8 Å². The number of halogens is 1. The summed E-state index contributed by atoms with van der Waals surface area (Å²) in [5, 5.41) is 5.87. The molecule has 2 aromatic carbocycles. The fraction of sp³-hybridized carbons (Fsp3) is 0.222. The average molecular weight is 553 g/mol. The Labute approximate surface area is 224 Å². The summed E-state index contributed by atoms with van der Waals surface area (Å²) < 4.78 is 40.4. The van der Waals surface area contributed by atoms with Crippen molar-refractivity contribution in [3.63, 3.8) is 0 Å². The maximum Gasteiger partial charge on any atom is 0.231 e. The minimum absolute atomic E-state index is 0.0356. The molecular formula is C27H25ClN4O5S. The Balaban J connectivity index is 1.64. The Morgan fingerprint density at radius 1 is 1.13 bits per heavy atom. The van der Waals surface area contributed by atoms with Gasteiger partial charge in [-0.1, -0.05) is 11.6 Å². The van der Waals surface area contributed by atoms with Crippen molar-refractivity contribution in [2.24, 2.45) is 7.05 Å². The van der Waals surface area contributed by atoms with E-state index in [1.165, 1.54) is 12.1 Å². The molecule has 0 spiro atoms. The summed E-state index contributed by atoms with van der Waals surface area (Å²) in [6.07, 6.45) is 2.28. The van der Waals surface area contributed by atoms with E-state index in [9.17, 15) is 13.2 Å². The number of anilines is 1. The highest BCUT2D eigenvalue weighted by Gasteiger charge is 2.22. The third kappa shape index (κ3) is 4.97. The van der Waals surface area contributed by atoms with Crippen LogP contribution < -0.4 is 14.9 Å². The van der Waals surface area contributed by atoms with Crippen molar-refractivity contribution in [2.75, 3.05) is 11.0 Å². The van der Waals surface area contributed by atoms with Crippen LogP contribution >= 0.6 is 11.6 Å². The third-order valence-corrected chi connectivity index (χ3v) is 6.90. The number of hydrogen-bond acceptors (Lipinski definition) is 7. The molecular weight excluding hydrogens is 528 g/mol. The summed E-state index contributed by atoms with van der Waals surface area (Å²) in [7, 11) is -1.78. The van der Waals surface area contributed by atoms with E-state index in [4.69, 9.17) is 20.8 Å². The van der Waals surface area contributed by atoms with Crippen molar-refractivity contribution in [1.29, 1.82) is 0 Å². The van der Waals surface area contributed by atoms with Gasteiger partial charge in [0.25, 0.3) is 0 Å². The first-order chi connectivity index (χ1) is 17.9. The van der Waals surface area contributed by atoms with Crippen molar-refractivity contribution in [3.05, 3.63) is 80.7 Å². The molecule has 0 fully saturated rings. The molecule has 3 aromatic heterocycles. The number of aryl methyl sites for hydroxylation is 2. The molecule has 9 nitrogen and oxygen atoms in total. The van der Waals surface area contributed by atoms with Gasteiger partial charge in [0, 0.05) is 35.3 Å². The van der Waals surface area contributed by atoms with Gasteiger partial charge in [0.15, 0.2) is 17.0 Å². The van der Waals surface area contributed by atoms with Crippen LogP contribution in [0.25, 0.3) is 33.2 Å². The van der Waals surface area contributed by atoms with Crippen molar-refractivity contribution in [3.8, 4) is 17.1 Å². The summed E-state index contributed by atoms with van der Waals surface area (Å²) >= 11 is 5.99. The summed E-state index contributed by atoms with van der Waals surface area (Å²) in [6, 6.07) is 12.4. The van der Waals surface area contributed by atoms with Gasteiger partial charge in [-0.05, 0) is 68.8 Å². The smallest absolute Gasteiger partial charge is 0.231 e. The Morgan fingerprint density at radius 2 is 1.89 bits per heavy atom. The highest BCUT2D eigenvalue weighted by atomic mass is 35.5. The van der Waals surface area contributed by atoms with Gasteiger partial charge >= 0.3 is 0 Å². The van der Waals surface area contributed by atoms with E-state index in [-0.39, 0.29) is 22.1 Å². The van der Waals surface area contributed by atoms with E-state index < -0.39 is 16.1 Å². The molecule has 0 radical (unpaired) electrons. The van der Waals surface area contributed by atoms with E-state index in [1.807, 2.05) is 44.4 Å². The van der Waals surface area contributed by atoms with Crippen LogP contribution in [0.4, 0.5) is 5.82 Å². The number of benzene rings is 2. The number of nitrogens with zero attached hydrogens (tertiary/aromatic N) is 3. The third-order valence-electron chi connectivity index (χ3n) is 6.12. The lowest BCUT2D eigenvalue weighted by atomic mass is 9.99. The molecule has 0 aliphatic carbocycles. The zero-order chi connectivity index (χ0) is 27.4. The monoisotopic (exact) mass is 552 g/mol. The van der Waals surface area contributed by atoms with Crippen LogP contribution in [0.2, 0.25) is 5.15 Å². The fourth-order valence-corrected chi connectivity index (χ4v) is 5.10. The molecule has 1 N–H and O–H groups in total. The van der Waals surface area contributed by atoms with Gasteiger partial charge in [0.05, 0.1) is 17.2 Å². The molecule has 0 aliphatic rings. The quantitative estimate of drug-likeness (QED) is 0.275. The summed E-state index contributed by atoms with van der Waals surface area (Å²) in [5.41, 5.74) is 3.81. The Hall–Kier alpha value is -3.89. The molecule has 0 aliphatic heterocycles. The lowest BCUT2D eigenvalue weighted by Gasteiger charge is -2.20. The molecule has 0 saturated heterocycles. The number of aromatic nitrogens is 3. The molecule has 11 heteroatoms. The predicted octanol–water partition coefficient (Wildman–Crippen LogP) is 5.52. The number of rotatable bonds is 6. The highest BCUT2D eigenvalue weighted by molar-refractivity contribution is 7.92. The van der Waals surface area contributed by atoms with Crippen molar-refractivity contribution in [1.82, 2.24) is 14.8 Å². The number of hydrogen-bond donors (Lipinski definition) is 1. The number of nitrogens with one attached hydrogen (secondary N) is 1. The van der Waals surface area contributed by atoms with Crippen LogP contribution in [0, 0.1) is 13.8 Å². The SMILES string of the molecule is Cc1cc([C@@H](C)Oc2ccc(Cl)nc2NS(C)(=O)=O)c2oc(-c3ccc4nn(C)cc4c3)c(C)c(=O)c2c1. The lowest BCUT2D eigenvalue weighted by Crippen LogP contribution is -2.14. The lowest BCUT2D eigenvalue weighted by molar-refractivity contribution is 0.227. The Kier molecular flexibility index (Phi) is 6.40. The summed E-state index contributed by atoms with van der Waals surface area (Å²) in [5.74, 6) is 0.600. The molecule has 38 heavy (non-hydrogen) atoms. The molecule has 5 aromatic rings. The fourth-order valence-electron chi connectivity index (χ4n) is 4.46. The van der Waals surface area contributed by atoms with Crippen LogP contribution in [-0.2, 0) is 17.1 Å². The zero-order valence-electron chi connectivity index (χ0n) is 21.4. The molecule has 1 atom stereocenters. The molecule has 3 heterocycles. The number of sulfonamides is 1. The second-order valence-corrected chi connectivity index (χ2v) is 11.4. The largest absolute Gasteiger partial charge is 0.482 e. The maximum absolute atomic E-state index is 13.5. The van der Waals surface area contributed by atoms with Crippen LogP contribution in [0.3, 0.4) is 0 Å². The number of ether oxygens (including phenoxy) is 1. The maximum atomic E-state index is 13.5. The second kappa shape index (κ2) is 9.45. The van der Waals surface area contributed by atoms with Crippen LogP contribution in [0.1, 0.15) is 29.7 Å². The van der Waals surface area contributed by atoms with E-state index in [1.54, 1.807) is 24.6 Å². The zero-order valence-corrected chi connectivity index (χ0v) is 22.9. The van der Waals surface area contributed by atoms with E-state index in [0.29, 0.717) is 27.9 Å². The molecule has 5 rings (SSSR count). The summed E-state index contributed by atoms with van der Waals surface area (Å²) in [6.45, 7) is 5.42. The molecule has 0 amide bonds. The first kappa shape index (κ1) is 25.7. The minimum Gasteiger partial charge on any atom is -0.482 e. The first-order valence-corrected chi connectivity index (χ1v) is 14.0. The molecule has 0 bridgehead atoms. The van der Waals surface area contributed by atoms with Gasteiger partial charge in [-0.2, -0.15) is 5.10 Å². The van der Waals surface area contributed by atoms with Gasteiger partial charge in [-0.25, -0.2) is 13.4 Å². The summed E-state index contributed by atoms with van der Waals surface area (Å²) in [4.78, 5) is 17.6. The standard InChI is InChI=1S/C27H25ClN4O5S/c1-14-10-19(16(3)36-22-8-9-23(28)29-27(22)31-38(5,34)35)26-20(11-14)24(33)15(2)25(37-26)17-6-7-21-18(12-17)13-32(4)30-21/h6-13,16H,1-5H3,(H,29,31)/t16-/m1/s1. The van der Waals surface area contributed by atoms with Crippen molar-refractivity contribution in [2.45, 2.75) is 26.9 Å². The van der Waals surface area contributed by atoms with Crippen molar-refractivity contribution < 1.29 is 17.6 Å². The van der Waals surface area contributed by atoms with Crippen molar-refractivity contribution >= 4 is 49.3 Å². The van der Waals surface area contributed by atoms with Gasteiger partial charge in [-0.15, -0.1) is 0 Å². The molecule has 0 unspecified atom stereocenters. The highest BCUT2D eigenvalue weighted by Crippen LogP contribution is 2.35. The number of pyridine rings is 1. The minimum atomic E-state index is -3.64. The first-order valence-electron chi connectivity index (χ1n) is 11.7. The van der Waals surface area contributed by atoms with Crippen LogP contribution in [-0.4, -0.2) is 29.4 Å². The van der Waals surface area contributed by atoms with E-state index >= 15 is 0 Å². The van der Waals surface area contributed by atoms with Gasteiger partial charge < -0.3 is 9.15 Å². The molecule has 196 valence electrons. The van der Waals surface area contributed by atoms with Gasteiger partial charge in [0.2, 0.25) is 10.0 Å². The Bertz CT molecular complexity index is 1900. The predicted molar refractivity (Wildman–Crippen MR) is 148 cm³/mol. The van der Waals surface area contributed by atoms with Gasteiger partial charge in [0.1, 0.15) is 22.6 Å². The normalized spacial score (nSPS) is 12.7. The Morgan fingerprint density at radius 3 is 2.63 bits per heavy atom. The van der Waals surface area contributed by atoms with E-state index in [0.717, 1.165) is 28.3 Å². The molecule has 0 saturated carbocycles. The van der Waals surface area contributed by atoms with Gasteiger partial charge in [-0.3, -0.25) is 14.2 Å². The van der Waals surface area contributed by atoms with Crippen LogP contribution in [0.5, 0.6) is 5.75 Å². The second-order valence-electron chi connectivity index (χ2n) is 9.31. The topological polar surface area (TPSA) is 116 Å². The van der Waals surface area contributed by atoms with Crippen LogP contribution in [0.15, 0.2) is 57.9 Å².